The van der Waals surface area contributed by atoms with Crippen molar-refractivity contribution in [2.24, 2.45) is 11.8 Å². The summed E-state index contributed by atoms with van der Waals surface area (Å²) in [6.07, 6.45) is 10.8. The number of fused-ring (bicyclic) bond motifs is 4. The Morgan fingerprint density at radius 1 is 1.09 bits per heavy atom. The van der Waals surface area contributed by atoms with Crippen molar-refractivity contribution in [1.29, 1.82) is 0 Å². The minimum atomic E-state index is -1.28. The third-order valence-electron chi connectivity index (χ3n) is 7.76. The third kappa shape index (κ3) is 2.24. The molecule has 4 aliphatic heterocycles. The van der Waals surface area contributed by atoms with Crippen molar-refractivity contribution < 1.29 is 18.7 Å². The monoisotopic (exact) mass is 442 g/mol. The lowest BCUT2D eigenvalue weighted by Crippen LogP contribution is -2.52. The average Bonchev–Trinajstić information content (AvgIpc) is 3.12. The number of rotatable bonds is 0. The first-order valence-corrected chi connectivity index (χ1v) is 11.1. The molecule has 4 atom stereocenters. The second kappa shape index (κ2) is 6.29. The Balaban J connectivity index is 1.60. The van der Waals surface area contributed by atoms with Crippen LogP contribution in [0.4, 0.5) is 14.5 Å². The fourth-order valence-corrected chi connectivity index (χ4v) is 6.35. The summed E-state index contributed by atoms with van der Waals surface area (Å²) in [4.78, 5) is 13.8. The number of ketones is 1. The van der Waals surface area contributed by atoms with E-state index in [-0.39, 0.29) is 34.6 Å². The highest BCUT2D eigenvalue weighted by atomic mass is 19.1. The van der Waals surface area contributed by atoms with Gasteiger partial charge < -0.3 is 5.11 Å². The molecule has 0 spiro atoms. The highest BCUT2D eigenvalue weighted by Crippen LogP contribution is 2.55. The molecule has 0 radical (unpaired) electrons. The van der Waals surface area contributed by atoms with E-state index in [1.165, 1.54) is 6.92 Å². The van der Waals surface area contributed by atoms with Crippen LogP contribution in [0.15, 0.2) is 72.0 Å². The molecule has 0 saturated carbocycles. The van der Waals surface area contributed by atoms with Crippen molar-refractivity contribution in [3.05, 3.63) is 111 Å². The molecule has 2 aromatic rings. The number of carbonyl (C=O) groups excluding carboxylic acids is 1. The van der Waals surface area contributed by atoms with Crippen LogP contribution in [-0.4, -0.2) is 22.4 Å². The maximum Gasteiger partial charge on any atom is 0.198 e. The number of allylic oxidation sites excluding steroid dienone is 5. The maximum atomic E-state index is 15.1. The number of carbonyl (C=O) groups is 1. The van der Waals surface area contributed by atoms with Gasteiger partial charge in [0, 0.05) is 46.8 Å². The van der Waals surface area contributed by atoms with Gasteiger partial charge in [-0.25, -0.2) is 8.78 Å². The van der Waals surface area contributed by atoms with E-state index in [0.717, 1.165) is 23.0 Å². The summed E-state index contributed by atoms with van der Waals surface area (Å²) in [5, 5.41) is 15.7. The molecule has 164 valence electrons. The second-order valence-electron chi connectivity index (χ2n) is 9.26. The zero-order valence-electron chi connectivity index (χ0n) is 17.8. The van der Waals surface area contributed by atoms with Gasteiger partial charge >= 0.3 is 0 Å². The van der Waals surface area contributed by atoms with Gasteiger partial charge in [0.1, 0.15) is 17.7 Å². The van der Waals surface area contributed by atoms with Gasteiger partial charge in [-0.05, 0) is 30.2 Å². The molecule has 1 fully saturated rings. The van der Waals surface area contributed by atoms with E-state index in [0.29, 0.717) is 17.7 Å². The Labute approximate surface area is 189 Å². The van der Waals surface area contributed by atoms with Gasteiger partial charge in [-0.3, -0.25) is 14.8 Å². The van der Waals surface area contributed by atoms with Crippen molar-refractivity contribution in [1.82, 2.24) is 5.01 Å². The molecular formula is C27H20F2N2O2. The Kier molecular flexibility index (Phi) is 3.62. The molecule has 2 aromatic carbocycles. The van der Waals surface area contributed by atoms with Gasteiger partial charge in [0.05, 0.1) is 17.3 Å². The molecule has 4 nitrogen and oxygen atoms in total. The van der Waals surface area contributed by atoms with Gasteiger partial charge in [0.25, 0.3) is 0 Å². The highest BCUT2D eigenvalue weighted by molar-refractivity contribution is 6.14. The van der Waals surface area contributed by atoms with E-state index in [1.807, 2.05) is 30.4 Å². The molecule has 1 N–H and O–H groups in total. The molecule has 1 saturated heterocycles. The number of hydrogen-bond acceptors (Lipinski definition) is 4. The van der Waals surface area contributed by atoms with Crippen LogP contribution in [0.1, 0.15) is 44.8 Å². The van der Waals surface area contributed by atoms with Gasteiger partial charge in [0.2, 0.25) is 0 Å². The van der Waals surface area contributed by atoms with Gasteiger partial charge in [-0.15, -0.1) is 0 Å². The van der Waals surface area contributed by atoms with Crippen LogP contribution in [0.25, 0.3) is 0 Å². The van der Waals surface area contributed by atoms with Crippen LogP contribution in [0, 0.1) is 30.4 Å². The Hall–Kier alpha value is -3.51. The summed E-state index contributed by atoms with van der Waals surface area (Å²) < 4.78 is 30.2. The van der Waals surface area contributed by atoms with Crippen LogP contribution < -0.4 is 5.01 Å². The lowest BCUT2D eigenvalue weighted by molar-refractivity contribution is 0.103. The number of aliphatic hydroxyl groups is 1. The van der Waals surface area contributed by atoms with Crippen LogP contribution in [-0.2, 0) is 0 Å². The second-order valence-corrected chi connectivity index (χ2v) is 9.26. The normalized spacial score (nSPS) is 27.9. The lowest BCUT2D eigenvalue weighted by atomic mass is 9.74. The first kappa shape index (κ1) is 19.0. The van der Waals surface area contributed by atoms with Gasteiger partial charge in [0.15, 0.2) is 5.78 Å². The number of benzene rings is 2. The number of para-hydroxylation sites is 1. The minimum absolute atomic E-state index is 0.000790. The van der Waals surface area contributed by atoms with Crippen molar-refractivity contribution in [2.75, 3.05) is 11.6 Å². The quantitative estimate of drug-likeness (QED) is 0.635. The fraction of sp³-hybridized carbons (Fsp3) is 0.222. The highest BCUT2D eigenvalue weighted by Gasteiger charge is 2.50. The van der Waals surface area contributed by atoms with Crippen molar-refractivity contribution in [2.45, 2.75) is 19.1 Å². The van der Waals surface area contributed by atoms with E-state index in [1.54, 1.807) is 6.07 Å². The number of aliphatic hydroxyl groups excluding tert-OH is 1. The number of halogens is 2. The van der Waals surface area contributed by atoms with Crippen molar-refractivity contribution in [3.8, 4) is 0 Å². The maximum absolute atomic E-state index is 15.1. The number of anilines is 1. The van der Waals surface area contributed by atoms with Gasteiger partial charge in [-0.1, -0.05) is 42.5 Å². The number of hydrogen-bond donors (Lipinski definition) is 1. The van der Waals surface area contributed by atoms with Crippen LogP contribution >= 0.6 is 0 Å². The molecular weight excluding hydrogens is 422 g/mol. The zero-order valence-corrected chi connectivity index (χ0v) is 17.8. The first-order valence-electron chi connectivity index (χ1n) is 11.1. The SMILES string of the molecule is Cc1c2c(F)cc(F)c1C(O)C1=CC=CC3C4=CC=CC5c6cccc(c6N(CC13)N45)C2=O. The molecule has 0 amide bonds. The van der Waals surface area contributed by atoms with E-state index >= 15 is 8.78 Å². The standard InChI is InChI=1S/C27H20F2N2O2/c1-13-23-19(28)11-20(29)24(13)27(33)17-8-3-7-16-22-10-4-9-21-14-5-2-6-15(26(23)32)18(14)12-30(25(16)17)31(21)22/h2-11,14,18,22,26,32H,12H2,1H3. The molecule has 4 heterocycles. The minimum Gasteiger partial charge on any atom is -0.384 e. The fourth-order valence-electron chi connectivity index (χ4n) is 6.35. The number of hydrazine groups is 1. The predicted molar refractivity (Wildman–Crippen MR) is 119 cm³/mol. The molecule has 1 aliphatic carbocycles. The smallest absolute Gasteiger partial charge is 0.198 e. The van der Waals surface area contributed by atoms with E-state index in [9.17, 15) is 9.90 Å². The molecule has 0 aromatic heterocycles. The molecule has 6 heteroatoms. The summed E-state index contributed by atoms with van der Waals surface area (Å²) in [7, 11) is 0. The van der Waals surface area contributed by atoms with Crippen LogP contribution in [0.2, 0.25) is 0 Å². The molecule has 7 rings (SSSR count). The average molecular weight is 442 g/mol. The summed E-state index contributed by atoms with van der Waals surface area (Å²) >= 11 is 0. The summed E-state index contributed by atoms with van der Waals surface area (Å²) in [6.45, 7) is 2.05. The first-order chi connectivity index (χ1) is 16.0. The lowest BCUT2D eigenvalue weighted by Gasteiger charge is -2.50. The van der Waals surface area contributed by atoms with Crippen LogP contribution in [0.3, 0.4) is 0 Å². The van der Waals surface area contributed by atoms with E-state index in [4.69, 9.17) is 0 Å². The molecule has 5 aliphatic rings. The van der Waals surface area contributed by atoms with Crippen molar-refractivity contribution in [3.63, 3.8) is 0 Å². The Morgan fingerprint density at radius 2 is 1.91 bits per heavy atom. The Morgan fingerprint density at radius 3 is 2.76 bits per heavy atom. The third-order valence-corrected chi connectivity index (χ3v) is 7.76. The predicted octanol–water partition coefficient (Wildman–Crippen LogP) is 4.83. The molecule has 4 unspecified atom stereocenters. The Bertz CT molecular complexity index is 1400. The number of nitrogens with zero attached hydrogens (tertiary/aromatic N) is 2. The van der Waals surface area contributed by atoms with Crippen molar-refractivity contribution >= 4 is 11.5 Å². The summed E-state index contributed by atoms with van der Waals surface area (Å²) in [5.41, 5.74) is 3.81. The topological polar surface area (TPSA) is 43.8 Å². The van der Waals surface area contributed by atoms with E-state index in [2.05, 4.69) is 28.2 Å². The van der Waals surface area contributed by atoms with Gasteiger partial charge in [-0.2, -0.15) is 0 Å². The van der Waals surface area contributed by atoms with Crippen LogP contribution in [0.5, 0.6) is 0 Å². The summed E-state index contributed by atoms with van der Waals surface area (Å²) in [5.74, 6) is -2.37. The molecule has 33 heavy (non-hydrogen) atoms. The zero-order chi connectivity index (χ0) is 22.6. The summed E-state index contributed by atoms with van der Waals surface area (Å²) in [6, 6.07) is 6.22. The largest absolute Gasteiger partial charge is 0.384 e. The van der Waals surface area contributed by atoms with E-state index < -0.39 is 23.5 Å². The molecule has 4 bridgehead atoms.